The van der Waals surface area contributed by atoms with E-state index in [0.29, 0.717) is 46.1 Å². The van der Waals surface area contributed by atoms with Gasteiger partial charge in [-0.2, -0.15) is 0 Å². The van der Waals surface area contributed by atoms with Gasteiger partial charge >= 0.3 is 0 Å². The number of benzene rings is 1. The van der Waals surface area contributed by atoms with Crippen molar-refractivity contribution in [2.24, 2.45) is 5.92 Å². The molecule has 10 heteroatoms. The number of aliphatic hydroxyl groups is 1. The van der Waals surface area contributed by atoms with E-state index in [0.717, 1.165) is 38.5 Å². The summed E-state index contributed by atoms with van der Waals surface area (Å²) >= 11 is 0. The van der Waals surface area contributed by atoms with Crippen LogP contribution in [0.2, 0.25) is 0 Å². The predicted molar refractivity (Wildman–Crippen MR) is 126 cm³/mol. The molecular weight excluding hydrogens is 453 g/mol. The van der Waals surface area contributed by atoms with Crippen molar-refractivity contribution in [2.45, 2.75) is 50.6 Å². The number of H-pyrrole nitrogens is 1. The molecule has 0 aliphatic heterocycles. The van der Waals surface area contributed by atoms with E-state index < -0.39 is 6.61 Å². The molecular formula is C25H28FN5O4. The summed E-state index contributed by atoms with van der Waals surface area (Å²) in [5.74, 6) is -0.0787. The molecule has 0 saturated heterocycles. The molecule has 5 rings (SSSR count). The number of amides is 2. The lowest BCUT2D eigenvalue weighted by Gasteiger charge is -2.29. The maximum Gasteiger partial charge on any atom is 0.255 e. The zero-order valence-electron chi connectivity index (χ0n) is 19.2. The molecule has 3 aromatic rings. The maximum absolute atomic E-state index is 13.9. The Balaban J connectivity index is 1.32. The summed E-state index contributed by atoms with van der Waals surface area (Å²) in [6.45, 7) is 0.0160. The van der Waals surface area contributed by atoms with Crippen LogP contribution in [0.4, 0.5) is 4.39 Å². The maximum atomic E-state index is 13.9. The van der Waals surface area contributed by atoms with Crippen LogP contribution in [-0.4, -0.2) is 57.2 Å². The Morgan fingerprint density at radius 3 is 2.54 bits per heavy atom. The molecule has 0 bridgehead atoms. The minimum absolute atomic E-state index is 0.0122. The first kappa shape index (κ1) is 23.2. The molecule has 2 saturated carbocycles. The minimum atomic E-state index is -0.521. The molecule has 184 valence electrons. The third kappa shape index (κ3) is 5.27. The van der Waals surface area contributed by atoms with Crippen molar-refractivity contribution >= 4 is 22.8 Å². The summed E-state index contributed by atoms with van der Waals surface area (Å²) in [4.78, 5) is 36.3. The quantitative estimate of drug-likeness (QED) is 0.392. The number of carbonyl (C=O) groups is 2. The van der Waals surface area contributed by atoms with Crippen LogP contribution in [0.1, 0.15) is 48.9 Å². The van der Waals surface area contributed by atoms with Crippen LogP contribution in [0.5, 0.6) is 5.75 Å². The molecule has 4 N–H and O–H groups in total. The minimum Gasteiger partial charge on any atom is -0.492 e. The van der Waals surface area contributed by atoms with Gasteiger partial charge in [-0.3, -0.25) is 9.59 Å². The van der Waals surface area contributed by atoms with Gasteiger partial charge in [-0.25, -0.2) is 14.4 Å². The monoisotopic (exact) mass is 481 g/mol. The number of aliphatic hydroxyl groups excluding tert-OH is 1. The van der Waals surface area contributed by atoms with Gasteiger partial charge in [0.2, 0.25) is 5.91 Å². The van der Waals surface area contributed by atoms with Crippen molar-refractivity contribution in [1.82, 2.24) is 25.6 Å². The van der Waals surface area contributed by atoms with Gasteiger partial charge in [0.1, 0.15) is 35.7 Å². The fraction of sp³-hybridized carbons (Fsp3) is 0.440. The van der Waals surface area contributed by atoms with E-state index in [1.54, 1.807) is 12.3 Å². The first-order valence-corrected chi connectivity index (χ1v) is 12.0. The Morgan fingerprint density at radius 1 is 1.09 bits per heavy atom. The molecule has 2 aromatic heterocycles. The van der Waals surface area contributed by atoms with E-state index in [9.17, 15) is 14.0 Å². The molecule has 2 aliphatic rings. The smallest absolute Gasteiger partial charge is 0.255 e. The molecule has 2 aliphatic carbocycles. The Bertz CT molecular complexity index is 1230. The number of hydrogen-bond acceptors (Lipinski definition) is 6. The Hall–Kier alpha value is -3.53. The first-order chi connectivity index (χ1) is 17.0. The highest BCUT2D eigenvalue weighted by Gasteiger charge is 2.26. The van der Waals surface area contributed by atoms with Crippen LogP contribution >= 0.6 is 0 Å². The SMILES string of the molecule is O=C(CO)N[C@H]1CC[C@H](NC(=O)c2c[nH]c3c(-c4ccc(F)cc4OCC4CC4)ncnc23)CC1. The number of ether oxygens (including phenoxy) is 1. The zero-order chi connectivity index (χ0) is 24.4. The number of carbonyl (C=O) groups excluding carboxylic acids is 2. The third-order valence-electron chi connectivity index (χ3n) is 6.65. The van der Waals surface area contributed by atoms with E-state index in [4.69, 9.17) is 9.84 Å². The van der Waals surface area contributed by atoms with Crippen molar-refractivity contribution in [3.05, 3.63) is 42.1 Å². The first-order valence-electron chi connectivity index (χ1n) is 12.0. The van der Waals surface area contributed by atoms with Crippen LogP contribution in [-0.2, 0) is 4.79 Å². The average molecular weight is 482 g/mol. The number of aromatic nitrogens is 3. The van der Waals surface area contributed by atoms with Gasteiger partial charge in [-0.05, 0) is 56.6 Å². The fourth-order valence-corrected chi connectivity index (χ4v) is 4.54. The summed E-state index contributed by atoms with van der Waals surface area (Å²) < 4.78 is 19.9. The van der Waals surface area contributed by atoms with E-state index in [1.807, 2.05) is 0 Å². The number of fused-ring (bicyclic) bond motifs is 1. The van der Waals surface area contributed by atoms with Crippen molar-refractivity contribution in [3.63, 3.8) is 0 Å². The second kappa shape index (κ2) is 9.99. The number of nitrogens with zero attached hydrogens (tertiary/aromatic N) is 2. The summed E-state index contributed by atoms with van der Waals surface area (Å²) in [6.07, 6.45) is 8.15. The zero-order valence-corrected chi connectivity index (χ0v) is 19.2. The van der Waals surface area contributed by atoms with Crippen molar-refractivity contribution in [1.29, 1.82) is 0 Å². The van der Waals surface area contributed by atoms with Crippen LogP contribution in [0.15, 0.2) is 30.7 Å². The molecule has 1 aromatic carbocycles. The Morgan fingerprint density at radius 2 is 1.83 bits per heavy atom. The largest absolute Gasteiger partial charge is 0.492 e. The van der Waals surface area contributed by atoms with Gasteiger partial charge in [0.25, 0.3) is 5.91 Å². The molecule has 0 spiro atoms. The third-order valence-corrected chi connectivity index (χ3v) is 6.65. The number of hydrogen-bond donors (Lipinski definition) is 4. The van der Waals surface area contributed by atoms with E-state index >= 15 is 0 Å². The molecule has 35 heavy (non-hydrogen) atoms. The van der Waals surface area contributed by atoms with Crippen LogP contribution < -0.4 is 15.4 Å². The molecule has 0 atom stereocenters. The number of rotatable bonds is 8. The lowest BCUT2D eigenvalue weighted by Crippen LogP contribution is -2.44. The number of halogens is 1. The molecule has 9 nitrogen and oxygen atoms in total. The Kier molecular flexibility index (Phi) is 6.63. The van der Waals surface area contributed by atoms with Gasteiger partial charge < -0.3 is 25.5 Å². The number of nitrogens with one attached hydrogen (secondary N) is 3. The Labute approximate surface area is 201 Å². The van der Waals surface area contributed by atoms with Crippen molar-refractivity contribution in [2.75, 3.05) is 13.2 Å². The number of aromatic amines is 1. The van der Waals surface area contributed by atoms with Gasteiger partial charge in [0.15, 0.2) is 0 Å². The van der Waals surface area contributed by atoms with Crippen LogP contribution in [0.3, 0.4) is 0 Å². The molecule has 0 unspecified atom stereocenters. The molecule has 2 heterocycles. The van der Waals surface area contributed by atoms with Gasteiger partial charge in [0.05, 0.1) is 17.7 Å². The van der Waals surface area contributed by atoms with Crippen LogP contribution in [0.25, 0.3) is 22.3 Å². The second-order valence-corrected chi connectivity index (χ2v) is 9.29. The van der Waals surface area contributed by atoms with E-state index in [-0.39, 0.29) is 29.7 Å². The predicted octanol–water partition coefficient (Wildman–Crippen LogP) is 2.70. The van der Waals surface area contributed by atoms with Crippen molar-refractivity contribution < 1.29 is 23.8 Å². The normalized spacial score (nSPS) is 19.9. The van der Waals surface area contributed by atoms with Gasteiger partial charge in [-0.15, -0.1) is 0 Å². The summed E-state index contributed by atoms with van der Waals surface area (Å²) in [7, 11) is 0. The van der Waals surface area contributed by atoms with E-state index in [1.165, 1.54) is 18.5 Å². The molecule has 2 amide bonds. The summed E-state index contributed by atoms with van der Waals surface area (Å²) in [5, 5.41) is 14.7. The topological polar surface area (TPSA) is 129 Å². The fourth-order valence-electron chi connectivity index (χ4n) is 4.54. The van der Waals surface area contributed by atoms with Gasteiger partial charge in [-0.1, -0.05) is 0 Å². The highest BCUT2D eigenvalue weighted by atomic mass is 19.1. The average Bonchev–Trinajstić information content (AvgIpc) is 3.59. The lowest BCUT2D eigenvalue weighted by molar-refractivity contribution is -0.124. The van der Waals surface area contributed by atoms with Crippen molar-refractivity contribution in [3.8, 4) is 17.0 Å². The summed E-state index contributed by atoms with van der Waals surface area (Å²) in [6, 6.07) is 4.35. The van der Waals surface area contributed by atoms with Gasteiger partial charge in [0, 0.05) is 29.9 Å². The molecule has 2 fully saturated rings. The van der Waals surface area contributed by atoms with E-state index in [2.05, 4.69) is 25.6 Å². The highest BCUT2D eigenvalue weighted by Crippen LogP contribution is 2.36. The standard InChI is InChI=1S/C25H28FN5O4/c26-15-3-8-18(20(9-15)35-12-14-1-2-14)22-24-23(29-13-28-22)19(10-27-24)25(34)31-17-6-4-16(5-7-17)30-21(33)11-32/h3,8-10,13-14,16-17,27,32H,1-2,4-7,11-12H2,(H,30,33)(H,31,34)/t16-,17-. The summed E-state index contributed by atoms with van der Waals surface area (Å²) in [5.41, 5.74) is 2.64. The second-order valence-electron chi connectivity index (χ2n) is 9.29. The van der Waals surface area contributed by atoms with Crippen LogP contribution in [0, 0.1) is 11.7 Å². The molecule has 0 radical (unpaired) electrons. The highest BCUT2D eigenvalue weighted by molar-refractivity contribution is 6.07. The lowest BCUT2D eigenvalue weighted by atomic mass is 9.91.